The highest BCUT2D eigenvalue weighted by molar-refractivity contribution is 5.91. The number of nitrogens with zero attached hydrogens (tertiary/aromatic N) is 6. The number of halogens is 5. The minimum Gasteiger partial charge on any atom is -0.483 e. The van der Waals surface area contributed by atoms with Gasteiger partial charge in [0.05, 0.1) is 17.0 Å². The molecule has 46 heavy (non-hydrogen) atoms. The van der Waals surface area contributed by atoms with Crippen LogP contribution in [0.5, 0.6) is 5.75 Å². The summed E-state index contributed by atoms with van der Waals surface area (Å²) in [5, 5.41) is 4.41. The Morgan fingerprint density at radius 1 is 1.09 bits per heavy atom. The number of piperidine rings is 1. The molecule has 1 unspecified atom stereocenters. The Bertz CT molecular complexity index is 1720. The number of benzene rings is 2. The van der Waals surface area contributed by atoms with Gasteiger partial charge in [-0.1, -0.05) is 30.3 Å². The second-order valence-electron chi connectivity index (χ2n) is 12.3. The summed E-state index contributed by atoms with van der Waals surface area (Å²) in [6.45, 7) is 6.01. The van der Waals surface area contributed by atoms with Gasteiger partial charge in [-0.25, -0.2) is 23.2 Å². The van der Waals surface area contributed by atoms with Crippen LogP contribution in [0.2, 0.25) is 0 Å². The van der Waals surface area contributed by atoms with Crippen molar-refractivity contribution in [3.63, 3.8) is 0 Å². The van der Waals surface area contributed by atoms with Gasteiger partial charge in [0.15, 0.2) is 23.0 Å². The van der Waals surface area contributed by atoms with Gasteiger partial charge in [-0.2, -0.15) is 23.3 Å². The molecule has 0 radical (unpaired) electrons. The summed E-state index contributed by atoms with van der Waals surface area (Å²) >= 11 is 0. The maximum absolute atomic E-state index is 15.8. The Morgan fingerprint density at radius 2 is 1.80 bits per heavy atom. The molecule has 0 aliphatic carbocycles. The van der Waals surface area contributed by atoms with Crippen molar-refractivity contribution in [1.29, 1.82) is 0 Å². The number of carbonyl (C=O) groups is 1. The van der Waals surface area contributed by atoms with E-state index in [-0.39, 0.29) is 35.3 Å². The van der Waals surface area contributed by atoms with Crippen molar-refractivity contribution in [3.05, 3.63) is 65.4 Å². The summed E-state index contributed by atoms with van der Waals surface area (Å²) in [5.41, 5.74) is -2.43. The fourth-order valence-electron chi connectivity index (χ4n) is 5.41. The van der Waals surface area contributed by atoms with Crippen molar-refractivity contribution in [2.45, 2.75) is 64.5 Å². The number of fused-ring (bicyclic) bond motifs is 1. The molecule has 2 aromatic heterocycles. The molecule has 2 aromatic carbocycles. The lowest BCUT2D eigenvalue weighted by Gasteiger charge is -2.38. The zero-order chi connectivity index (χ0) is 33.4. The lowest BCUT2D eigenvalue weighted by atomic mass is 10.0. The molecular weight excluding hydrogens is 611 g/mol. The minimum atomic E-state index is -5.14. The van der Waals surface area contributed by atoms with Gasteiger partial charge in [0.1, 0.15) is 17.9 Å². The third kappa shape index (κ3) is 7.00. The standard InChI is InChI=1S/C32H35F5N6O3/c1-31(2,3)46-30(44)43-14-10-9-13-20(43)17-41(4)29-38-16-22-26(40-42(5)28(22)39-29)21-15-23(32(35,36)37)25(34)27(24(21)33)45-18-19-11-7-6-8-12-19/h6-8,11-12,15-16,20H,9-10,13-14,17-18H2,1-5H3. The monoisotopic (exact) mass is 646 g/mol. The molecule has 14 heteroatoms. The smallest absolute Gasteiger partial charge is 0.419 e. The highest BCUT2D eigenvalue weighted by Crippen LogP contribution is 2.42. The van der Waals surface area contributed by atoms with Crippen molar-refractivity contribution in [3.8, 4) is 17.0 Å². The number of likely N-dealkylation sites (N-methyl/N-ethyl adjacent to an activating group) is 1. The summed E-state index contributed by atoms with van der Waals surface area (Å²) in [7, 11) is 3.26. The lowest BCUT2D eigenvalue weighted by molar-refractivity contribution is -0.140. The molecular formula is C32H35F5N6O3. The third-order valence-electron chi connectivity index (χ3n) is 7.60. The molecule has 0 N–H and O–H groups in total. The topological polar surface area (TPSA) is 85.6 Å². The van der Waals surface area contributed by atoms with Gasteiger partial charge in [-0.3, -0.25) is 0 Å². The molecule has 0 spiro atoms. The molecule has 0 bridgehead atoms. The zero-order valence-electron chi connectivity index (χ0n) is 26.2. The van der Waals surface area contributed by atoms with E-state index in [0.29, 0.717) is 24.7 Å². The van der Waals surface area contributed by atoms with E-state index in [1.807, 2.05) is 20.8 Å². The zero-order valence-corrected chi connectivity index (χ0v) is 26.2. The van der Waals surface area contributed by atoms with E-state index in [1.54, 1.807) is 47.2 Å². The molecule has 1 amide bonds. The lowest BCUT2D eigenvalue weighted by Crippen LogP contribution is -2.50. The van der Waals surface area contributed by atoms with Gasteiger partial charge in [0.2, 0.25) is 5.95 Å². The number of amides is 1. The molecule has 5 rings (SSSR count). The van der Waals surface area contributed by atoms with Gasteiger partial charge in [0, 0.05) is 38.9 Å². The maximum Gasteiger partial charge on any atom is 0.419 e. The first-order valence-corrected chi connectivity index (χ1v) is 14.8. The van der Waals surface area contributed by atoms with Crippen LogP contribution in [-0.2, 0) is 24.6 Å². The molecule has 1 aliphatic rings. The van der Waals surface area contributed by atoms with E-state index in [2.05, 4.69) is 15.1 Å². The van der Waals surface area contributed by atoms with Gasteiger partial charge in [-0.15, -0.1) is 0 Å². The number of rotatable bonds is 7. The van der Waals surface area contributed by atoms with E-state index >= 15 is 8.78 Å². The highest BCUT2D eigenvalue weighted by Gasteiger charge is 2.39. The number of alkyl halides is 3. The summed E-state index contributed by atoms with van der Waals surface area (Å²) in [4.78, 5) is 25.3. The van der Waals surface area contributed by atoms with Crippen LogP contribution >= 0.6 is 0 Å². The van der Waals surface area contributed by atoms with Crippen molar-refractivity contribution in [2.24, 2.45) is 7.05 Å². The van der Waals surface area contributed by atoms with Crippen molar-refractivity contribution in [2.75, 3.05) is 25.0 Å². The summed E-state index contributed by atoms with van der Waals surface area (Å²) in [5.74, 6) is -4.08. The summed E-state index contributed by atoms with van der Waals surface area (Å²) in [6.07, 6.45) is -1.66. The van der Waals surface area contributed by atoms with Gasteiger partial charge in [-0.05, 0) is 51.7 Å². The number of hydrogen-bond acceptors (Lipinski definition) is 7. The van der Waals surface area contributed by atoms with E-state index in [9.17, 15) is 18.0 Å². The molecule has 246 valence electrons. The highest BCUT2D eigenvalue weighted by atomic mass is 19.4. The van der Waals surface area contributed by atoms with Gasteiger partial charge >= 0.3 is 12.3 Å². The average Bonchev–Trinajstić information content (AvgIpc) is 3.31. The second kappa shape index (κ2) is 12.7. The van der Waals surface area contributed by atoms with E-state index in [4.69, 9.17) is 9.47 Å². The van der Waals surface area contributed by atoms with E-state index in [1.165, 1.54) is 17.9 Å². The molecule has 1 aliphatic heterocycles. The Labute approximate surface area is 262 Å². The van der Waals surface area contributed by atoms with Crippen LogP contribution in [-0.4, -0.2) is 62.5 Å². The molecule has 1 fully saturated rings. The average molecular weight is 647 g/mol. The molecule has 1 atom stereocenters. The number of anilines is 1. The number of carbonyl (C=O) groups excluding carboxylic acids is 1. The first-order valence-electron chi connectivity index (χ1n) is 14.8. The van der Waals surface area contributed by atoms with Crippen molar-refractivity contribution in [1.82, 2.24) is 24.6 Å². The van der Waals surface area contributed by atoms with Crippen LogP contribution in [0.15, 0.2) is 42.6 Å². The Kier molecular flexibility index (Phi) is 9.09. The van der Waals surface area contributed by atoms with Crippen LogP contribution in [0.25, 0.3) is 22.3 Å². The van der Waals surface area contributed by atoms with Crippen LogP contribution in [0.1, 0.15) is 51.2 Å². The Morgan fingerprint density at radius 3 is 2.48 bits per heavy atom. The first-order chi connectivity index (χ1) is 21.6. The second-order valence-corrected chi connectivity index (χ2v) is 12.3. The number of aromatic nitrogens is 4. The van der Waals surface area contributed by atoms with E-state index in [0.717, 1.165) is 19.3 Å². The third-order valence-corrected chi connectivity index (χ3v) is 7.60. The number of ether oxygens (including phenoxy) is 2. The minimum absolute atomic E-state index is 0.153. The first kappa shape index (κ1) is 32.9. The number of hydrogen-bond donors (Lipinski definition) is 0. The van der Waals surface area contributed by atoms with Crippen LogP contribution < -0.4 is 9.64 Å². The van der Waals surface area contributed by atoms with Gasteiger partial charge < -0.3 is 19.3 Å². The van der Waals surface area contributed by atoms with Crippen molar-refractivity contribution >= 4 is 23.1 Å². The summed E-state index contributed by atoms with van der Waals surface area (Å²) in [6, 6.07) is 8.51. The largest absolute Gasteiger partial charge is 0.483 e. The SMILES string of the molecule is CN(CC1CCCCN1C(=O)OC(C)(C)C)c1ncc2c(-c3cc(C(F)(F)F)c(F)c(OCc4ccccc4)c3F)nn(C)c2n1. The quantitative estimate of drug-likeness (QED) is 0.198. The maximum atomic E-state index is 15.8. The molecule has 0 saturated carbocycles. The molecule has 1 saturated heterocycles. The molecule has 9 nitrogen and oxygen atoms in total. The Balaban J connectivity index is 1.47. The van der Waals surface area contributed by atoms with Crippen LogP contribution in [0.4, 0.5) is 32.7 Å². The molecule has 4 aromatic rings. The number of aryl methyl sites for hydroxylation is 1. The van der Waals surface area contributed by atoms with Crippen molar-refractivity contribution < 1.29 is 36.2 Å². The fourth-order valence-corrected chi connectivity index (χ4v) is 5.41. The van der Waals surface area contributed by atoms with Crippen LogP contribution in [0.3, 0.4) is 0 Å². The predicted octanol–water partition coefficient (Wildman–Crippen LogP) is 7.13. The predicted molar refractivity (Wildman–Crippen MR) is 161 cm³/mol. The molecule has 3 heterocycles. The van der Waals surface area contributed by atoms with E-state index < -0.39 is 46.4 Å². The van der Waals surface area contributed by atoms with Crippen LogP contribution in [0, 0.1) is 11.6 Å². The number of likely N-dealkylation sites (tertiary alicyclic amines) is 1. The summed E-state index contributed by atoms with van der Waals surface area (Å²) < 4.78 is 84.8. The van der Waals surface area contributed by atoms with Gasteiger partial charge in [0.25, 0.3) is 0 Å². The normalized spacial score (nSPS) is 15.7. The fraction of sp³-hybridized carbons (Fsp3) is 0.438. The Hall–Kier alpha value is -4.49.